The molecular formula is C10H17N2O4P. The Bertz CT molecular complexity index is 327. The van der Waals surface area contributed by atoms with Gasteiger partial charge in [-0.05, 0) is 20.8 Å². The second-order valence-corrected chi connectivity index (χ2v) is 5.73. The van der Waals surface area contributed by atoms with Crippen molar-refractivity contribution in [2.75, 3.05) is 13.2 Å². The smallest absolute Gasteiger partial charge is 0.286 e. The molecule has 6 nitrogen and oxygen atoms in total. The van der Waals surface area contributed by atoms with E-state index >= 15 is 0 Å². The van der Waals surface area contributed by atoms with Crippen LogP contribution >= 0.6 is 7.82 Å². The van der Waals surface area contributed by atoms with Gasteiger partial charge in [0, 0.05) is 0 Å². The van der Waals surface area contributed by atoms with Crippen LogP contribution in [0.4, 0.5) is 0 Å². The summed E-state index contributed by atoms with van der Waals surface area (Å²) in [4.78, 5) is 0. The molecule has 0 saturated heterocycles. The number of hydrogen-bond donors (Lipinski definition) is 0. The Hall–Kier alpha value is -0.910. The summed E-state index contributed by atoms with van der Waals surface area (Å²) < 4.78 is 27.2. The van der Waals surface area contributed by atoms with Crippen molar-refractivity contribution < 1.29 is 18.1 Å². The topological polar surface area (TPSA) is 92.3 Å². The average Bonchev–Trinajstić information content (AvgIpc) is 2.15. The summed E-state index contributed by atoms with van der Waals surface area (Å²) in [6, 6.07) is 3.72. The van der Waals surface area contributed by atoms with Gasteiger partial charge in [-0.2, -0.15) is 10.5 Å². The molecular weight excluding hydrogens is 243 g/mol. The lowest BCUT2D eigenvalue weighted by Crippen LogP contribution is -2.19. The van der Waals surface area contributed by atoms with E-state index in [9.17, 15) is 4.57 Å². The Kier molecular flexibility index (Phi) is 7.03. The third-order valence-corrected chi connectivity index (χ3v) is 3.08. The van der Waals surface area contributed by atoms with Gasteiger partial charge in [-0.1, -0.05) is 0 Å². The molecule has 0 heterocycles. The first kappa shape index (κ1) is 16.1. The van der Waals surface area contributed by atoms with E-state index in [1.165, 1.54) is 0 Å². The lowest BCUT2D eigenvalue weighted by molar-refractivity contribution is 0.0446. The monoisotopic (exact) mass is 260 g/mol. The third kappa shape index (κ3) is 8.85. The Labute approximate surface area is 102 Å². The molecule has 0 spiro atoms. The van der Waals surface area contributed by atoms with Crippen molar-refractivity contribution in [2.45, 2.75) is 39.2 Å². The zero-order chi connectivity index (χ0) is 13.4. The van der Waals surface area contributed by atoms with Crippen LogP contribution in [0.2, 0.25) is 0 Å². The molecule has 0 amide bonds. The molecule has 0 atom stereocenters. The molecule has 0 unspecified atom stereocenters. The van der Waals surface area contributed by atoms with Gasteiger partial charge in [0.1, 0.15) is 0 Å². The van der Waals surface area contributed by atoms with Gasteiger partial charge in [-0.3, -0.25) is 13.6 Å². The molecule has 0 aliphatic carbocycles. The first-order valence-electron chi connectivity index (χ1n) is 5.17. The van der Waals surface area contributed by atoms with E-state index in [2.05, 4.69) is 0 Å². The minimum Gasteiger partial charge on any atom is -0.286 e. The Morgan fingerprint density at radius 3 is 1.76 bits per heavy atom. The molecule has 0 rings (SSSR count). The van der Waals surface area contributed by atoms with E-state index in [0.717, 1.165) is 0 Å². The van der Waals surface area contributed by atoms with Gasteiger partial charge in [0.2, 0.25) is 0 Å². The van der Waals surface area contributed by atoms with Crippen molar-refractivity contribution in [1.82, 2.24) is 0 Å². The SMILES string of the molecule is CC(C)(C)OP(=O)(OCCC#N)OCCC#N. The van der Waals surface area contributed by atoms with Crippen molar-refractivity contribution in [3.63, 3.8) is 0 Å². The molecule has 0 aliphatic heterocycles. The fourth-order valence-corrected chi connectivity index (χ4v) is 2.31. The summed E-state index contributed by atoms with van der Waals surface area (Å²) in [6.07, 6.45) is 0.193. The second kappa shape index (κ2) is 7.42. The summed E-state index contributed by atoms with van der Waals surface area (Å²) in [7, 11) is -3.70. The molecule has 7 heteroatoms. The van der Waals surface area contributed by atoms with E-state index in [0.29, 0.717) is 0 Å². The molecule has 0 aliphatic rings. The van der Waals surface area contributed by atoms with Crippen LogP contribution in [-0.2, 0) is 18.1 Å². The van der Waals surface area contributed by atoms with Gasteiger partial charge in [0.25, 0.3) is 0 Å². The zero-order valence-electron chi connectivity index (χ0n) is 10.3. The van der Waals surface area contributed by atoms with Crippen LogP contribution in [-0.4, -0.2) is 18.8 Å². The normalized spacial score (nSPS) is 11.8. The number of phosphoric acid groups is 1. The highest BCUT2D eigenvalue weighted by atomic mass is 31.2. The highest BCUT2D eigenvalue weighted by Crippen LogP contribution is 2.52. The molecule has 96 valence electrons. The number of nitrogens with zero attached hydrogens (tertiary/aromatic N) is 2. The maximum atomic E-state index is 12.1. The largest absolute Gasteiger partial charge is 0.475 e. The van der Waals surface area contributed by atoms with Crippen molar-refractivity contribution in [3.05, 3.63) is 0 Å². The van der Waals surface area contributed by atoms with Crippen molar-refractivity contribution >= 4 is 7.82 Å². The van der Waals surface area contributed by atoms with E-state index in [-0.39, 0.29) is 26.1 Å². The molecule has 0 bridgehead atoms. The summed E-state index contributed by atoms with van der Waals surface area (Å²) in [5.74, 6) is 0. The molecule has 0 radical (unpaired) electrons. The Balaban J connectivity index is 4.42. The molecule has 0 aromatic carbocycles. The molecule has 0 N–H and O–H groups in total. The fraction of sp³-hybridized carbons (Fsp3) is 0.800. The molecule has 0 saturated carbocycles. The van der Waals surface area contributed by atoms with Gasteiger partial charge >= 0.3 is 7.82 Å². The van der Waals surface area contributed by atoms with E-state index in [4.69, 9.17) is 24.1 Å². The van der Waals surface area contributed by atoms with Crippen molar-refractivity contribution in [2.24, 2.45) is 0 Å². The van der Waals surface area contributed by atoms with Gasteiger partial charge < -0.3 is 0 Å². The van der Waals surface area contributed by atoms with E-state index in [1.807, 2.05) is 12.1 Å². The lowest BCUT2D eigenvalue weighted by atomic mass is 10.2. The summed E-state index contributed by atoms with van der Waals surface area (Å²) in [5.41, 5.74) is -0.700. The van der Waals surface area contributed by atoms with E-state index in [1.54, 1.807) is 20.8 Å². The first-order chi connectivity index (χ1) is 7.83. The van der Waals surface area contributed by atoms with Crippen molar-refractivity contribution in [1.29, 1.82) is 10.5 Å². The van der Waals surface area contributed by atoms with Crippen LogP contribution in [0.1, 0.15) is 33.6 Å². The average molecular weight is 260 g/mol. The Morgan fingerprint density at radius 2 is 1.47 bits per heavy atom. The highest BCUT2D eigenvalue weighted by molar-refractivity contribution is 7.48. The standard InChI is InChI=1S/C10H17N2O4P/c1-10(2,3)16-17(13,14-8-4-6-11)15-9-5-7-12/h4-5,8-9H2,1-3H3. The number of hydrogen-bond acceptors (Lipinski definition) is 6. The minimum atomic E-state index is -3.70. The molecule has 0 aromatic rings. The van der Waals surface area contributed by atoms with Crippen LogP contribution in [0, 0.1) is 22.7 Å². The predicted octanol–water partition coefficient (Wildman–Crippen LogP) is 2.77. The number of phosphoric ester groups is 1. The quantitative estimate of drug-likeness (QED) is 0.516. The maximum Gasteiger partial charge on any atom is 0.475 e. The van der Waals surface area contributed by atoms with Gasteiger partial charge in [0.05, 0.1) is 43.8 Å². The first-order valence-corrected chi connectivity index (χ1v) is 6.63. The second-order valence-electron chi connectivity index (χ2n) is 4.13. The van der Waals surface area contributed by atoms with Gasteiger partial charge in [-0.15, -0.1) is 0 Å². The molecule has 0 aromatic heterocycles. The fourth-order valence-electron chi connectivity index (χ4n) is 0.832. The maximum absolute atomic E-state index is 12.1. The summed E-state index contributed by atoms with van der Waals surface area (Å²) >= 11 is 0. The lowest BCUT2D eigenvalue weighted by Gasteiger charge is -2.25. The van der Waals surface area contributed by atoms with Gasteiger partial charge in [-0.25, -0.2) is 4.57 Å². The van der Waals surface area contributed by atoms with Crippen LogP contribution in [0.25, 0.3) is 0 Å². The summed E-state index contributed by atoms with van der Waals surface area (Å²) in [5, 5.41) is 16.7. The third-order valence-electron chi connectivity index (χ3n) is 1.31. The Morgan fingerprint density at radius 1 is 1.06 bits per heavy atom. The minimum absolute atomic E-state index is 0.0313. The number of nitriles is 2. The highest BCUT2D eigenvalue weighted by Gasteiger charge is 2.32. The van der Waals surface area contributed by atoms with E-state index < -0.39 is 13.4 Å². The summed E-state index contributed by atoms with van der Waals surface area (Å²) in [6.45, 7) is 5.07. The van der Waals surface area contributed by atoms with Gasteiger partial charge in [0.15, 0.2) is 0 Å². The predicted molar refractivity (Wildman–Crippen MR) is 60.8 cm³/mol. The van der Waals surface area contributed by atoms with Crippen molar-refractivity contribution in [3.8, 4) is 12.1 Å². The molecule has 17 heavy (non-hydrogen) atoms. The number of rotatable bonds is 7. The molecule has 0 fully saturated rings. The van der Waals surface area contributed by atoms with Crippen LogP contribution in [0.3, 0.4) is 0 Å². The van der Waals surface area contributed by atoms with Crippen LogP contribution < -0.4 is 0 Å². The zero-order valence-corrected chi connectivity index (χ0v) is 11.2. The van der Waals surface area contributed by atoms with Crippen LogP contribution in [0.15, 0.2) is 0 Å². The van der Waals surface area contributed by atoms with Crippen LogP contribution in [0.5, 0.6) is 0 Å².